The molecule has 0 unspecified atom stereocenters. The molecule has 23 heavy (non-hydrogen) atoms. The minimum absolute atomic E-state index is 0.0322. The Morgan fingerprint density at radius 3 is 2.30 bits per heavy atom. The van der Waals surface area contributed by atoms with Crippen LogP contribution in [0.2, 0.25) is 0 Å². The Morgan fingerprint density at radius 2 is 1.74 bits per heavy atom. The maximum absolute atomic E-state index is 12.3. The molecule has 0 aliphatic carbocycles. The molecule has 0 saturated carbocycles. The first kappa shape index (κ1) is 17.2. The number of nitrogens with one attached hydrogen (secondary N) is 1. The van der Waals surface area contributed by atoms with Crippen molar-refractivity contribution in [2.75, 3.05) is 5.32 Å². The number of thioether (sulfide) groups is 1. The maximum Gasteiger partial charge on any atom is 0.446 e. The molecule has 2 rings (SSSR count). The number of anilines is 1. The van der Waals surface area contributed by atoms with Gasteiger partial charge in [-0.1, -0.05) is 6.07 Å². The lowest BCUT2D eigenvalue weighted by molar-refractivity contribution is -0.0328. The smallest absolute Gasteiger partial charge is 0.446 e. The number of phenolic OH excluding ortho intramolecular Hbond substituents is 1. The molecule has 0 heterocycles. The van der Waals surface area contributed by atoms with Gasteiger partial charge in [0, 0.05) is 10.6 Å². The number of aryl methyl sites for hydroxylation is 2. The van der Waals surface area contributed by atoms with E-state index < -0.39 is 11.4 Å². The summed E-state index contributed by atoms with van der Waals surface area (Å²) < 4.78 is 36.8. The largest absolute Gasteiger partial charge is 0.507 e. The molecule has 0 aliphatic rings. The fraction of sp³-hybridized carbons (Fsp3) is 0.188. The summed E-state index contributed by atoms with van der Waals surface area (Å²) in [6.45, 7) is 3.48. The molecule has 0 spiro atoms. The lowest BCUT2D eigenvalue weighted by Gasteiger charge is -2.11. The SMILES string of the molecule is Cc1cc(C)c(O)c(C(=O)Nc2ccc(SC(F)(F)F)cc2)c1. The third-order valence-corrected chi connectivity index (χ3v) is 3.77. The number of aromatic hydroxyl groups is 1. The monoisotopic (exact) mass is 341 g/mol. The molecule has 0 fully saturated rings. The quantitative estimate of drug-likeness (QED) is 0.783. The summed E-state index contributed by atoms with van der Waals surface area (Å²) >= 11 is -0.222. The zero-order valence-corrected chi connectivity index (χ0v) is 13.2. The van der Waals surface area contributed by atoms with E-state index in [1.165, 1.54) is 24.3 Å². The molecule has 1 amide bonds. The third-order valence-electron chi connectivity index (χ3n) is 3.04. The summed E-state index contributed by atoms with van der Waals surface area (Å²) in [5.41, 5.74) is -2.49. The molecular formula is C16H14F3NO2S. The van der Waals surface area contributed by atoms with Crippen molar-refractivity contribution in [3.8, 4) is 5.75 Å². The van der Waals surface area contributed by atoms with Gasteiger partial charge in [-0.15, -0.1) is 0 Å². The summed E-state index contributed by atoms with van der Waals surface area (Å²) in [6.07, 6.45) is 0. The van der Waals surface area contributed by atoms with Gasteiger partial charge in [0.2, 0.25) is 0 Å². The van der Waals surface area contributed by atoms with Crippen molar-refractivity contribution in [3.63, 3.8) is 0 Å². The number of phenols is 1. The van der Waals surface area contributed by atoms with Crippen LogP contribution in [0.3, 0.4) is 0 Å². The Hall–Kier alpha value is -2.15. The number of benzene rings is 2. The molecule has 0 aliphatic heterocycles. The molecule has 0 saturated heterocycles. The van der Waals surface area contributed by atoms with Crippen molar-refractivity contribution in [1.82, 2.24) is 0 Å². The molecule has 2 aromatic rings. The predicted molar refractivity (Wildman–Crippen MR) is 83.9 cm³/mol. The van der Waals surface area contributed by atoms with Crippen molar-refractivity contribution in [3.05, 3.63) is 53.1 Å². The highest BCUT2D eigenvalue weighted by Crippen LogP contribution is 2.37. The second-order valence-corrected chi connectivity index (χ2v) is 6.14. The Bertz CT molecular complexity index is 727. The van der Waals surface area contributed by atoms with Crippen LogP contribution in [0.4, 0.5) is 18.9 Å². The molecular weight excluding hydrogens is 327 g/mol. The van der Waals surface area contributed by atoms with Gasteiger partial charge in [-0.3, -0.25) is 4.79 Å². The second-order valence-electron chi connectivity index (χ2n) is 5.00. The normalized spacial score (nSPS) is 11.3. The van der Waals surface area contributed by atoms with E-state index >= 15 is 0 Å². The summed E-state index contributed by atoms with van der Waals surface area (Å²) in [5.74, 6) is -0.636. The molecule has 0 atom stereocenters. The van der Waals surface area contributed by atoms with Crippen LogP contribution < -0.4 is 5.32 Å². The fourth-order valence-electron chi connectivity index (χ4n) is 2.07. The Labute approximate surface area is 135 Å². The van der Waals surface area contributed by atoms with Gasteiger partial charge in [0.05, 0.1) is 5.56 Å². The van der Waals surface area contributed by atoms with Crippen molar-refractivity contribution >= 4 is 23.4 Å². The van der Waals surface area contributed by atoms with Crippen LogP contribution in [0.1, 0.15) is 21.5 Å². The Morgan fingerprint density at radius 1 is 1.13 bits per heavy atom. The number of alkyl halides is 3. The summed E-state index contributed by atoms with van der Waals surface area (Å²) in [4.78, 5) is 12.2. The molecule has 122 valence electrons. The maximum atomic E-state index is 12.3. The van der Waals surface area contributed by atoms with Gasteiger partial charge >= 0.3 is 5.51 Å². The summed E-state index contributed by atoms with van der Waals surface area (Å²) in [7, 11) is 0. The van der Waals surface area contributed by atoms with Crippen molar-refractivity contribution in [2.24, 2.45) is 0 Å². The van der Waals surface area contributed by atoms with Gasteiger partial charge in [-0.25, -0.2) is 0 Å². The molecule has 0 aromatic heterocycles. The zero-order valence-electron chi connectivity index (χ0n) is 12.4. The number of rotatable bonds is 3. The molecule has 3 nitrogen and oxygen atoms in total. The van der Waals surface area contributed by atoms with Crippen LogP contribution in [0.5, 0.6) is 5.75 Å². The fourth-order valence-corrected chi connectivity index (χ4v) is 2.61. The van der Waals surface area contributed by atoms with E-state index in [1.54, 1.807) is 26.0 Å². The Balaban J connectivity index is 2.15. The lowest BCUT2D eigenvalue weighted by atomic mass is 10.0. The minimum atomic E-state index is -4.35. The van der Waals surface area contributed by atoms with Gasteiger partial charge in [0.15, 0.2) is 0 Å². The van der Waals surface area contributed by atoms with Gasteiger partial charge < -0.3 is 10.4 Å². The average molecular weight is 341 g/mol. The van der Waals surface area contributed by atoms with Crippen molar-refractivity contribution < 1.29 is 23.1 Å². The van der Waals surface area contributed by atoms with Crippen LogP contribution in [0.15, 0.2) is 41.3 Å². The average Bonchev–Trinajstić information content (AvgIpc) is 2.43. The summed E-state index contributed by atoms with van der Waals surface area (Å²) in [6, 6.07) is 8.60. The van der Waals surface area contributed by atoms with E-state index in [-0.39, 0.29) is 28.0 Å². The molecule has 2 aromatic carbocycles. The van der Waals surface area contributed by atoms with E-state index in [0.29, 0.717) is 11.3 Å². The van der Waals surface area contributed by atoms with E-state index in [2.05, 4.69) is 5.32 Å². The van der Waals surface area contributed by atoms with Gasteiger partial charge in [-0.2, -0.15) is 13.2 Å². The van der Waals surface area contributed by atoms with Crippen LogP contribution >= 0.6 is 11.8 Å². The molecule has 7 heteroatoms. The number of carbonyl (C=O) groups excluding carboxylic acids is 1. The van der Waals surface area contributed by atoms with Gasteiger partial charge in [0.25, 0.3) is 5.91 Å². The van der Waals surface area contributed by atoms with Crippen molar-refractivity contribution in [2.45, 2.75) is 24.3 Å². The first-order chi connectivity index (χ1) is 10.7. The van der Waals surface area contributed by atoms with E-state index in [0.717, 1.165) is 5.56 Å². The highest BCUT2D eigenvalue weighted by molar-refractivity contribution is 8.00. The van der Waals surface area contributed by atoms with Crippen LogP contribution in [-0.4, -0.2) is 16.5 Å². The van der Waals surface area contributed by atoms with E-state index in [9.17, 15) is 23.1 Å². The molecule has 2 N–H and O–H groups in total. The van der Waals surface area contributed by atoms with Crippen LogP contribution in [0.25, 0.3) is 0 Å². The van der Waals surface area contributed by atoms with E-state index in [4.69, 9.17) is 0 Å². The van der Waals surface area contributed by atoms with E-state index in [1.807, 2.05) is 0 Å². The highest BCUT2D eigenvalue weighted by Gasteiger charge is 2.29. The first-order valence-corrected chi connectivity index (χ1v) is 7.45. The minimum Gasteiger partial charge on any atom is -0.507 e. The van der Waals surface area contributed by atoms with Crippen molar-refractivity contribution in [1.29, 1.82) is 0 Å². The number of carbonyl (C=O) groups is 1. The summed E-state index contributed by atoms with van der Waals surface area (Å²) in [5, 5.41) is 12.5. The van der Waals surface area contributed by atoms with Crippen LogP contribution in [0, 0.1) is 13.8 Å². The van der Waals surface area contributed by atoms with Gasteiger partial charge in [-0.05, 0) is 67.1 Å². The lowest BCUT2D eigenvalue weighted by Crippen LogP contribution is -2.12. The molecule has 0 bridgehead atoms. The third kappa shape index (κ3) is 4.66. The number of halogens is 3. The van der Waals surface area contributed by atoms with Gasteiger partial charge in [0.1, 0.15) is 5.75 Å². The van der Waals surface area contributed by atoms with Crippen LogP contribution in [-0.2, 0) is 0 Å². The Kier molecular flexibility index (Phi) is 4.89. The molecule has 0 radical (unpaired) electrons. The zero-order chi connectivity index (χ0) is 17.2. The predicted octanol–water partition coefficient (Wildman–Crippen LogP) is 4.87. The standard InChI is InChI=1S/C16H14F3NO2S/c1-9-7-10(2)14(21)13(8-9)15(22)20-11-3-5-12(6-4-11)23-16(17,18)19/h3-8,21H,1-2H3,(H,20,22). The first-order valence-electron chi connectivity index (χ1n) is 6.63. The second kappa shape index (κ2) is 6.54. The number of hydrogen-bond acceptors (Lipinski definition) is 3. The highest BCUT2D eigenvalue weighted by atomic mass is 32.2. The topological polar surface area (TPSA) is 49.3 Å². The number of amides is 1. The number of hydrogen-bond donors (Lipinski definition) is 2.